The standard InChI is InChI=1S/C18H20ClN3O5/c1-9-7-13(17(24)27-11(3)16(23)21-18(20)25)10(2)22(9)14-8-12(19)5-6-15(14)26-4/h5-8,11H,1-4H3,(H3,20,21,23,25)/t11-/m1/s1. The van der Waals surface area contributed by atoms with Crippen molar-refractivity contribution in [2.75, 3.05) is 7.11 Å². The number of ether oxygens (including phenoxy) is 2. The lowest BCUT2D eigenvalue weighted by molar-refractivity contribution is -0.127. The molecule has 1 aromatic carbocycles. The molecule has 144 valence electrons. The number of carbonyl (C=O) groups is 3. The van der Waals surface area contributed by atoms with Crippen LogP contribution in [0.15, 0.2) is 24.3 Å². The molecule has 0 spiro atoms. The maximum atomic E-state index is 12.5. The van der Waals surface area contributed by atoms with Gasteiger partial charge >= 0.3 is 12.0 Å². The number of primary amides is 1. The molecule has 3 amide bonds. The van der Waals surface area contributed by atoms with Gasteiger partial charge < -0.3 is 19.8 Å². The van der Waals surface area contributed by atoms with E-state index < -0.39 is 24.0 Å². The molecule has 1 atom stereocenters. The highest BCUT2D eigenvalue weighted by atomic mass is 35.5. The van der Waals surface area contributed by atoms with E-state index in [4.69, 9.17) is 26.8 Å². The molecule has 3 N–H and O–H groups in total. The maximum Gasteiger partial charge on any atom is 0.340 e. The smallest absolute Gasteiger partial charge is 0.340 e. The summed E-state index contributed by atoms with van der Waals surface area (Å²) in [7, 11) is 1.54. The number of carbonyl (C=O) groups excluding carboxylic acids is 3. The fourth-order valence-corrected chi connectivity index (χ4v) is 2.85. The topological polar surface area (TPSA) is 113 Å². The normalized spacial score (nSPS) is 11.6. The number of benzene rings is 1. The minimum atomic E-state index is -1.19. The summed E-state index contributed by atoms with van der Waals surface area (Å²) in [4.78, 5) is 34.9. The molecule has 2 rings (SSSR count). The summed E-state index contributed by atoms with van der Waals surface area (Å²) in [5.74, 6) is -0.932. The molecule has 27 heavy (non-hydrogen) atoms. The summed E-state index contributed by atoms with van der Waals surface area (Å²) in [6.07, 6.45) is -1.19. The fraction of sp³-hybridized carbons (Fsp3) is 0.278. The Kier molecular flexibility index (Phi) is 6.12. The van der Waals surface area contributed by atoms with E-state index in [9.17, 15) is 14.4 Å². The van der Waals surface area contributed by atoms with Crippen LogP contribution < -0.4 is 15.8 Å². The molecule has 0 saturated carbocycles. The number of imide groups is 1. The molecule has 8 nitrogen and oxygen atoms in total. The molecule has 0 unspecified atom stereocenters. The van der Waals surface area contributed by atoms with Crippen molar-refractivity contribution in [3.63, 3.8) is 0 Å². The summed E-state index contributed by atoms with van der Waals surface area (Å²) < 4.78 is 12.3. The van der Waals surface area contributed by atoms with Crippen molar-refractivity contribution in [3.8, 4) is 11.4 Å². The van der Waals surface area contributed by atoms with Crippen LogP contribution >= 0.6 is 11.6 Å². The zero-order valence-corrected chi connectivity index (χ0v) is 16.1. The molecule has 0 fully saturated rings. The molecule has 1 aromatic heterocycles. The van der Waals surface area contributed by atoms with Gasteiger partial charge in [0, 0.05) is 16.4 Å². The van der Waals surface area contributed by atoms with Gasteiger partial charge in [-0.3, -0.25) is 10.1 Å². The Hall–Kier alpha value is -3.00. The lowest BCUT2D eigenvalue weighted by Crippen LogP contribution is -2.42. The average Bonchev–Trinajstić information content (AvgIpc) is 2.88. The second-order valence-electron chi connectivity index (χ2n) is 5.84. The molecule has 0 aliphatic heterocycles. The van der Waals surface area contributed by atoms with Crippen LogP contribution in [0.4, 0.5) is 4.79 Å². The van der Waals surface area contributed by atoms with Crippen molar-refractivity contribution < 1.29 is 23.9 Å². The van der Waals surface area contributed by atoms with Gasteiger partial charge in [0.15, 0.2) is 6.10 Å². The molecule has 9 heteroatoms. The van der Waals surface area contributed by atoms with E-state index in [0.717, 1.165) is 5.69 Å². The number of urea groups is 1. The molecule has 0 aliphatic rings. The first-order chi connectivity index (χ1) is 12.6. The molecule has 0 saturated heterocycles. The number of aryl methyl sites for hydroxylation is 1. The Labute approximate surface area is 161 Å². The van der Waals surface area contributed by atoms with Crippen molar-refractivity contribution in [1.29, 1.82) is 0 Å². The maximum absolute atomic E-state index is 12.5. The van der Waals surface area contributed by atoms with Gasteiger partial charge in [0.05, 0.1) is 18.4 Å². The zero-order chi connectivity index (χ0) is 20.3. The summed E-state index contributed by atoms with van der Waals surface area (Å²) in [5.41, 5.74) is 7.15. The number of hydrogen-bond donors (Lipinski definition) is 2. The number of amides is 3. The second-order valence-corrected chi connectivity index (χ2v) is 6.27. The molecule has 0 bridgehead atoms. The minimum Gasteiger partial charge on any atom is -0.495 e. The van der Waals surface area contributed by atoms with Gasteiger partial charge in [-0.15, -0.1) is 0 Å². The Morgan fingerprint density at radius 1 is 1.22 bits per heavy atom. The van der Waals surface area contributed by atoms with Crippen molar-refractivity contribution in [3.05, 3.63) is 46.2 Å². The summed E-state index contributed by atoms with van der Waals surface area (Å²) in [6.45, 7) is 4.89. The Bertz CT molecular complexity index is 907. The van der Waals surface area contributed by atoms with Crippen molar-refractivity contribution in [2.45, 2.75) is 26.9 Å². The van der Waals surface area contributed by atoms with Gasteiger partial charge in [0.1, 0.15) is 5.75 Å². The highest BCUT2D eigenvalue weighted by molar-refractivity contribution is 6.30. The molecule has 1 heterocycles. The zero-order valence-electron chi connectivity index (χ0n) is 15.3. The van der Waals surface area contributed by atoms with Gasteiger partial charge in [0.2, 0.25) is 0 Å². The number of aromatic nitrogens is 1. The largest absolute Gasteiger partial charge is 0.495 e. The van der Waals surface area contributed by atoms with Gasteiger partial charge in [0.25, 0.3) is 5.91 Å². The van der Waals surface area contributed by atoms with Crippen molar-refractivity contribution in [2.24, 2.45) is 5.73 Å². The summed E-state index contributed by atoms with van der Waals surface area (Å²) in [5, 5.41) is 2.38. The molecular weight excluding hydrogens is 374 g/mol. The van der Waals surface area contributed by atoms with Crippen LogP contribution in [0.1, 0.15) is 28.7 Å². The third-order valence-corrected chi connectivity index (χ3v) is 4.17. The second kappa shape index (κ2) is 8.13. The van der Waals surface area contributed by atoms with Gasteiger partial charge in [-0.1, -0.05) is 11.6 Å². The number of esters is 1. The predicted octanol–water partition coefficient (Wildman–Crippen LogP) is 2.50. The highest BCUT2D eigenvalue weighted by Crippen LogP contribution is 2.30. The third-order valence-electron chi connectivity index (χ3n) is 3.93. The fourth-order valence-electron chi connectivity index (χ4n) is 2.68. The quantitative estimate of drug-likeness (QED) is 0.758. The number of halogens is 1. The van der Waals surface area contributed by atoms with Crippen molar-refractivity contribution in [1.82, 2.24) is 9.88 Å². The SMILES string of the molecule is COc1ccc(Cl)cc1-n1c(C)cc(C(=O)O[C@H](C)C(=O)NC(N)=O)c1C. The number of methoxy groups -OCH3 is 1. The number of nitrogens with zero attached hydrogens (tertiary/aromatic N) is 1. The van der Waals surface area contributed by atoms with E-state index in [1.54, 1.807) is 35.8 Å². The van der Waals surface area contributed by atoms with Gasteiger partial charge in [-0.2, -0.15) is 0 Å². The van der Waals surface area contributed by atoms with Crippen LogP contribution in [0.25, 0.3) is 5.69 Å². The highest BCUT2D eigenvalue weighted by Gasteiger charge is 2.24. The average molecular weight is 394 g/mol. The number of rotatable bonds is 5. The molecule has 0 aliphatic carbocycles. The predicted molar refractivity (Wildman–Crippen MR) is 99.4 cm³/mol. The first kappa shape index (κ1) is 20.3. The minimum absolute atomic E-state index is 0.272. The lowest BCUT2D eigenvalue weighted by Gasteiger charge is -2.15. The van der Waals surface area contributed by atoms with Crippen LogP contribution in [0.2, 0.25) is 5.02 Å². The van der Waals surface area contributed by atoms with Crippen LogP contribution in [-0.2, 0) is 9.53 Å². The van der Waals surface area contributed by atoms with Crippen LogP contribution in [-0.4, -0.2) is 35.7 Å². The Balaban J connectivity index is 2.35. The van der Waals surface area contributed by atoms with E-state index >= 15 is 0 Å². The van der Waals surface area contributed by atoms with E-state index in [1.165, 1.54) is 14.0 Å². The number of nitrogens with two attached hydrogens (primary N) is 1. The van der Waals surface area contributed by atoms with E-state index in [-0.39, 0.29) is 5.56 Å². The lowest BCUT2D eigenvalue weighted by atomic mass is 10.2. The number of nitrogens with one attached hydrogen (secondary N) is 1. The molecule has 0 radical (unpaired) electrons. The van der Waals surface area contributed by atoms with E-state index in [0.29, 0.717) is 22.2 Å². The summed E-state index contributed by atoms with van der Waals surface area (Å²) in [6, 6.07) is 5.76. The first-order valence-electron chi connectivity index (χ1n) is 7.99. The van der Waals surface area contributed by atoms with Gasteiger partial charge in [-0.25, -0.2) is 9.59 Å². The Morgan fingerprint density at radius 2 is 1.89 bits per heavy atom. The first-order valence-corrected chi connectivity index (χ1v) is 8.37. The molecule has 2 aromatic rings. The molecular formula is C18H20ClN3O5. The van der Waals surface area contributed by atoms with Crippen molar-refractivity contribution >= 4 is 29.5 Å². The van der Waals surface area contributed by atoms with Crippen LogP contribution in [0, 0.1) is 13.8 Å². The monoisotopic (exact) mass is 393 g/mol. The van der Waals surface area contributed by atoms with Crippen LogP contribution in [0.3, 0.4) is 0 Å². The number of hydrogen-bond acceptors (Lipinski definition) is 5. The van der Waals surface area contributed by atoms with Crippen LogP contribution in [0.5, 0.6) is 5.75 Å². The third kappa shape index (κ3) is 4.40. The Morgan fingerprint density at radius 3 is 2.48 bits per heavy atom. The van der Waals surface area contributed by atoms with E-state index in [2.05, 4.69) is 0 Å². The van der Waals surface area contributed by atoms with Gasteiger partial charge in [-0.05, 0) is 45.0 Å². The van der Waals surface area contributed by atoms with E-state index in [1.807, 2.05) is 12.2 Å². The summed E-state index contributed by atoms with van der Waals surface area (Å²) >= 11 is 6.10.